The maximum absolute atomic E-state index is 4.12. The number of nitrogens with zero attached hydrogens (tertiary/aromatic N) is 2. The van der Waals surface area contributed by atoms with Gasteiger partial charge in [-0.2, -0.15) is 0 Å². The highest BCUT2D eigenvalue weighted by molar-refractivity contribution is 14.0. The van der Waals surface area contributed by atoms with E-state index in [4.69, 9.17) is 0 Å². The van der Waals surface area contributed by atoms with Crippen LogP contribution >= 0.6 is 24.0 Å². The minimum atomic E-state index is 0. The van der Waals surface area contributed by atoms with Crippen LogP contribution in [-0.4, -0.2) is 4.98 Å². The molecule has 0 amide bonds. The van der Waals surface area contributed by atoms with E-state index in [1.54, 1.807) is 0 Å². The lowest BCUT2D eigenvalue weighted by molar-refractivity contribution is -0.702. The Bertz CT molecular complexity index is 573. The molecule has 0 aromatic carbocycles. The zero-order chi connectivity index (χ0) is 15.8. The standard InChI is InChI=1S/C20H29N2.2HI/c1-4-7-8-9-17(5-2)20-16-19(12-15-22(20)6-3)18-10-13-21-14-11-18;;/h10-17H,4-9H2,1-3H3;2*1H/q+1;;/p-1. The van der Waals surface area contributed by atoms with Crippen molar-refractivity contribution >= 4 is 24.0 Å². The second-order valence-corrected chi connectivity index (χ2v) is 5.96. The van der Waals surface area contributed by atoms with E-state index in [0.717, 1.165) is 6.54 Å². The highest BCUT2D eigenvalue weighted by atomic mass is 127. The van der Waals surface area contributed by atoms with Gasteiger partial charge in [-0.05, 0) is 43.0 Å². The minimum Gasteiger partial charge on any atom is -1.00 e. The molecular formula is C20H30I2N2. The van der Waals surface area contributed by atoms with Gasteiger partial charge in [-0.25, -0.2) is 4.57 Å². The average molecular weight is 552 g/mol. The highest BCUT2D eigenvalue weighted by Crippen LogP contribution is 2.27. The van der Waals surface area contributed by atoms with Gasteiger partial charge in [-0.3, -0.25) is 4.98 Å². The van der Waals surface area contributed by atoms with Crippen molar-refractivity contribution in [1.29, 1.82) is 0 Å². The van der Waals surface area contributed by atoms with Gasteiger partial charge in [0.1, 0.15) is 6.54 Å². The first-order chi connectivity index (χ1) is 10.8. The van der Waals surface area contributed by atoms with Crippen LogP contribution in [0, 0.1) is 0 Å². The van der Waals surface area contributed by atoms with Crippen molar-refractivity contribution in [1.82, 2.24) is 4.98 Å². The summed E-state index contributed by atoms with van der Waals surface area (Å²) in [5.74, 6) is 0.660. The molecule has 2 heterocycles. The summed E-state index contributed by atoms with van der Waals surface area (Å²) in [6, 6.07) is 8.79. The molecule has 2 rings (SSSR count). The van der Waals surface area contributed by atoms with Crippen molar-refractivity contribution in [3.05, 3.63) is 48.5 Å². The Balaban J connectivity index is 0.00000264. The Labute approximate surface area is 181 Å². The molecule has 1 atom stereocenters. The van der Waals surface area contributed by atoms with Gasteiger partial charge in [-0.1, -0.05) is 33.1 Å². The van der Waals surface area contributed by atoms with Crippen LogP contribution in [0.1, 0.15) is 64.5 Å². The van der Waals surface area contributed by atoms with E-state index < -0.39 is 0 Å². The molecule has 0 radical (unpaired) electrons. The molecule has 134 valence electrons. The van der Waals surface area contributed by atoms with Crippen molar-refractivity contribution in [2.45, 2.75) is 65.3 Å². The molecule has 24 heavy (non-hydrogen) atoms. The van der Waals surface area contributed by atoms with Gasteiger partial charge >= 0.3 is 0 Å². The summed E-state index contributed by atoms with van der Waals surface area (Å²) in [5, 5.41) is 0. The van der Waals surface area contributed by atoms with E-state index in [1.807, 2.05) is 12.4 Å². The smallest absolute Gasteiger partial charge is 0.184 e. The van der Waals surface area contributed by atoms with Crippen LogP contribution in [0.2, 0.25) is 0 Å². The van der Waals surface area contributed by atoms with Gasteiger partial charge in [0, 0.05) is 30.4 Å². The molecule has 0 aliphatic carbocycles. The SMILES string of the molecule is CCCCCC(CC)c1cc(-c2ccncc2)cc[n+]1CC.I.[I-]. The van der Waals surface area contributed by atoms with E-state index in [2.05, 4.69) is 60.8 Å². The number of hydrogen-bond acceptors (Lipinski definition) is 1. The quantitative estimate of drug-likeness (QED) is 0.280. The topological polar surface area (TPSA) is 16.8 Å². The monoisotopic (exact) mass is 552 g/mol. The van der Waals surface area contributed by atoms with Gasteiger partial charge in [0.2, 0.25) is 0 Å². The second kappa shape index (κ2) is 13.0. The summed E-state index contributed by atoms with van der Waals surface area (Å²) in [4.78, 5) is 4.12. The van der Waals surface area contributed by atoms with E-state index >= 15 is 0 Å². The Hall–Kier alpha value is -0.240. The van der Waals surface area contributed by atoms with Crippen molar-refractivity contribution in [3.8, 4) is 11.1 Å². The minimum absolute atomic E-state index is 0. The van der Waals surface area contributed by atoms with Gasteiger partial charge in [0.15, 0.2) is 11.9 Å². The molecule has 2 nitrogen and oxygen atoms in total. The Morgan fingerprint density at radius 1 is 1.00 bits per heavy atom. The maximum Gasteiger partial charge on any atom is 0.184 e. The molecule has 2 aromatic heterocycles. The van der Waals surface area contributed by atoms with Crippen LogP contribution in [0.25, 0.3) is 11.1 Å². The molecule has 0 saturated carbocycles. The van der Waals surface area contributed by atoms with Gasteiger partial charge < -0.3 is 24.0 Å². The molecule has 0 aliphatic rings. The van der Waals surface area contributed by atoms with Crippen LogP contribution in [0.15, 0.2) is 42.9 Å². The first kappa shape index (κ1) is 23.8. The third kappa shape index (κ3) is 6.58. The van der Waals surface area contributed by atoms with Crippen molar-refractivity contribution in [3.63, 3.8) is 0 Å². The summed E-state index contributed by atoms with van der Waals surface area (Å²) in [6.07, 6.45) is 12.5. The fourth-order valence-electron chi connectivity index (χ4n) is 3.11. The predicted molar refractivity (Wildman–Crippen MR) is 108 cm³/mol. The van der Waals surface area contributed by atoms with E-state index in [9.17, 15) is 0 Å². The number of rotatable bonds is 8. The Morgan fingerprint density at radius 2 is 1.71 bits per heavy atom. The molecular weight excluding hydrogens is 522 g/mol. The fourth-order valence-corrected chi connectivity index (χ4v) is 3.11. The van der Waals surface area contributed by atoms with E-state index in [-0.39, 0.29) is 48.0 Å². The Morgan fingerprint density at radius 3 is 2.29 bits per heavy atom. The zero-order valence-corrected chi connectivity index (χ0v) is 19.5. The summed E-state index contributed by atoms with van der Waals surface area (Å²) >= 11 is 0. The van der Waals surface area contributed by atoms with Crippen LogP contribution in [0.3, 0.4) is 0 Å². The normalized spacial score (nSPS) is 11.3. The molecule has 0 aliphatic heterocycles. The molecule has 0 spiro atoms. The lowest BCUT2D eigenvalue weighted by Crippen LogP contribution is -3.00. The number of aromatic nitrogens is 2. The number of hydrogen-bond donors (Lipinski definition) is 0. The first-order valence-corrected chi connectivity index (χ1v) is 8.73. The van der Waals surface area contributed by atoms with E-state index in [1.165, 1.54) is 48.9 Å². The molecule has 1 unspecified atom stereocenters. The molecule has 4 heteroatoms. The maximum atomic E-state index is 4.12. The number of halogens is 2. The lowest BCUT2D eigenvalue weighted by Gasteiger charge is -2.15. The highest BCUT2D eigenvalue weighted by Gasteiger charge is 2.20. The number of aryl methyl sites for hydroxylation is 1. The first-order valence-electron chi connectivity index (χ1n) is 8.73. The van der Waals surface area contributed by atoms with Crippen molar-refractivity contribution in [2.75, 3.05) is 0 Å². The fraction of sp³-hybridized carbons (Fsp3) is 0.500. The predicted octanol–water partition coefficient (Wildman–Crippen LogP) is 2.75. The van der Waals surface area contributed by atoms with Crippen LogP contribution in [-0.2, 0) is 6.54 Å². The molecule has 0 bridgehead atoms. The van der Waals surface area contributed by atoms with Crippen LogP contribution in [0.4, 0.5) is 0 Å². The van der Waals surface area contributed by atoms with Crippen LogP contribution < -0.4 is 28.5 Å². The summed E-state index contributed by atoms with van der Waals surface area (Å²) in [6.45, 7) is 7.86. The van der Waals surface area contributed by atoms with Crippen molar-refractivity contribution < 1.29 is 28.5 Å². The Kier molecular flexibility index (Phi) is 12.9. The largest absolute Gasteiger partial charge is 1.00 e. The lowest BCUT2D eigenvalue weighted by atomic mass is 9.92. The second-order valence-electron chi connectivity index (χ2n) is 5.96. The summed E-state index contributed by atoms with van der Waals surface area (Å²) < 4.78 is 2.41. The zero-order valence-electron chi connectivity index (χ0n) is 15.0. The van der Waals surface area contributed by atoms with Gasteiger partial charge in [0.05, 0.1) is 0 Å². The summed E-state index contributed by atoms with van der Waals surface area (Å²) in [5.41, 5.74) is 4.04. The molecule has 2 aromatic rings. The molecule has 0 N–H and O–H groups in total. The average Bonchev–Trinajstić information content (AvgIpc) is 2.59. The summed E-state index contributed by atoms with van der Waals surface area (Å²) in [7, 11) is 0. The number of pyridine rings is 2. The van der Waals surface area contributed by atoms with Crippen LogP contribution in [0.5, 0.6) is 0 Å². The van der Waals surface area contributed by atoms with Crippen molar-refractivity contribution in [2.24, 2.45) is 0 Å². The molecule has 0 fully saturated rings. The number of unbranched alkanes of at least 4 members (excludes halogenated alkanes) is 2. The third-order valence-corrected chi connectivity index (χ3v) is 4.49. The third-order valence-electron chi connectivity index (χ3n) is 4.49. The van der Waals surface area contributed by atoms with E-state index in [0.29, 0.717) is 5.92 Å². The van der Waals surface area contributed by atoms with Gasteiger partial charge in [-0.15, -0.1) is 24.0 Å². The van der Waals surface area contributed by atoms with Gasteiger partial charge in [0.25, 0.3) is 0 Å². The molecule has 0 saturated heterocycles.